The summed E-state index contributed by atoms with van der Waals surface area (Å²) in [6, 6.07) is 10.0. The Bertz CT molecular complexity index is 786. The highest BCUT2D eigenvalue weighted by molar-refractivity contribution is 5.94. The van der Waals surface area contributed by atoms with E-state index in [1.54, 1.807) is 0 Å². The van der Waals surface area contributed by atoms with Gasteiger partial charge in [-0.05, 0) is 24.5 Å². The molecule has 1 fully saturated rings. The summed E-state index contributed by atoms with van der Waals surface area (Å²) in [5.74, 6) is -8.15. The number of benzene rings is 2. The van der Waals surface area contributed by atoms with Crippen LogP contribution < -0.4 is 5.32 Å². The highest BCUT2D eigenvalue weighted by Crippen LogP contribution is 2.40. The lowest BCUT2D eigenvalue weighted by atomic mass is 9.79. The number of rotatable bonds is 4. The van der Waals surface area contributed by atoms with Crippen molar-refractivity contribution in [2.75, 3.05) is 6.54 Å². The van der Waals surface area contributed by atoms with E-state index >= 15 is 0 Å². The smallest absolute Gasteiger partial charge is 0.254 e. The Kier molecular flexibility index (Phi) is 4.79. The Morgan fingerprint density at radius 3 is 2.24 bits per heavy atom. The predicted molar refractivity (Wildman–Crippen MR) is 85.2 cm³/mol. The number of hydrogen-bond acceptors (Lipinski definition) is 1. The van der Waals surface area contributed by atoms with Gasteiger partial charge in [0, 0.05) is 12.0 Å². The van der Waals surface area contributed by atoms with Crippen LogP contribution in [0.5, 0.6) is 0 Å². The Hall–Kier alpha value is -2.37. The molecule has 0 aromatic heterocycles. The van der Waals surface area contributed by atoms with Crippen molar-refractivity contribution in [2.45, 2.75) is 31.1 Å². The summed E-state index contributed by atoms with van der Waals surface area (Å²) >= 11 is 0. The fraction of sp³-hybridized carbons (Fsp3) is 0.316. The van der Waals surface area contributed by atoms with Gasteiger partial charge in [0.2, 0.25) is 0 Å². The van der Waals surface area contributed by atoms with Crippen LogP contribution in [0.3, 0.4) is 0 Å². The van der Waals surface area contributed by atoms with Gasteiger partial charge in [-0.3, -0.25) is 4.79 Å². The number of carbonyl (C=O) groups is 1. The average molecular weight is 351 g/mol. The molecule has 1 saturated carbocycles. The number of amides is 1. The zero-order valence-electron chi connectivity index (χ0n) is 13.4. The fourth-order valence-electron chi connectivity index (χ4n) is 3.49. The Morgan fingerprint density at radius 2 is 1.60 bits per heavy atom. The summed E-state index contributed by atoms with van der Waals surface area (Å²) in [6.07, 6.45) is 3.70. The van der Waals surface area contributed by atoms with Crippen molar-refractivity contribution in [3.05, 3.63) is 70.8 Å². The molecule has 0 bridgehead atoms. The van der Waals surface area contributed by atoms with Crippen LogP contribution in [-0.2, 0) is 5.41 Å². The molecule has 2 nitrogen and oxygen atoms in total. The Balaban J connectivity index is 1.82. The van der Waals surface area contributed by atoms with Gasteiger partial charge in [0.1, 0.15) is 0 Å². The molecule has 0 radical (unpaired) electrons. The third-order valence-corrected chi connectivity index (χ3v) is 4.88. The third-order valence-electron chi connectivity index (χ3n) is 4.88. The van der Waals surface area contributed by atoms with Gasteiger partial charge >= 0.3 is 0 Å². The van der Waals surface area contributed by atoms with E-state index in [1.165, 1.54) is 0 Å². The first-order valence-electron chi connectivity index (χ1n) is 8.11. The fourth-order valence-corrected chi connectivity index (χ4v) is 3.49. The van der Waals surface area contributed by atoms with Crippen LogP contribution in [0, 0.1) is 23.3 Å². The molecule has 0 saturated heterocycles. The van der Waals surface area contributed by atoms with Crippen molar-refractivity contribution in [3.63, 3.8) is 0 Å². The summed E-state index contributed by atoms with van der Waals surface area (Å²) in [7, 11) is 0. The molecule has 0 unspecified atom stereocenters. The summed E-state index contributed by atoms with van der Waals surface area (Å²) < 4.78 is 53.4. The molecule has 1 N–H and O–H groups in total. The minimum absolute atomic E-state index is 0.218. The van der Waals surface area contributed by atoms with E-state index in [0.717, 1.165) is 31.2 Å². The number of halogens is 4. The highest BCUT2D eigenvalue weighted by atomic mass is 19.2. The molecule has 1 amide bonds. The van der Waals surface area contributed by atoms with Crippen LogP contribution in [-0.4, -0.2) is 12.5 Å². The molecule has 6 heteroatoms. The van der Waals surface area contributed by atoms with E-state index < -0.39 is 34.7 Å². The molecular formula is C19H17F4NO. The first kappa shape index (κ1) is 17.5. The zero-order valence-corrected chi connectivity index (χ0v) is 13.4. The van der Waals surface area contributed by atoms with Crippen LogP contribution in [0.2, 0.25) is 0 Å². The van der Waals surface area contributed by atoms with Gasteiger partial charge in [0.25, 0.3) is 5.91 Å². The maximum absolute atomic E-state index is 13.8. The standard InChI is InChI=1S/C19H17F4NO/c20-14-10-13(15(21)17(23)16(14)22)18(25)24-11-19(8-4-5-9-19)12-6-2-1-3-7-12/h1-3,6-7,10H,4-5,8-9,11H2,(H,24,25). The first-order chi connectivity index (χ1) is 11.9. The van der Waals surface area contributed by atoms with E-state index in [2.05, 4.69) is 5.32 Å². The van der Waals surface area contributed by atoms with E-state index in [9.17, 15) is 22.4 Å². The highest BCUT2D eigenvalue weighted by Gasteiger charge is 2.36. The SMILES string of the molecule is O=C(NCC1(c2ccccc2)CCCC1)c1cc(F)c(F)c(F)c1F. The molecule has 2 aromatic carbocycles. The minimum Gasteiger partial charge on any atom is -0.351 e. The van der Waals surface area contributed by atoms with E-state index in [4.69, 9.17) is 0 Å². The summed E-state index contributed by atoms with van der Waals surface area (Å²) in [5, 5.41) is 2.56. The molecule has 3 rings (SSSR count). The molecule has 2 aromatic rings. The van der Waals surface area contributed by atoms with Gasteiger partial charge in [0.15, 0.2) is 23.3 Å². The van der Waals surface area contributed by atoms with E-state index in [0.29, 0.717) is 6.07 Å². The van der Waals surface area contributed by atoms with Crippen LogP contribution in [0.15, 0.2) is 36.4 Å². The predicted octanol–water partition coefficient (Wildman–Crippen LogP) is 4.48. The second kappa shape index (κ2) is 6.86. The zero-order chi connectivity index (χ0) is 18.0. The lowest BCUT2D eigenvalue weighted by molar-refractivity contribution is 0.0937. The van der Waals surface area contributed by atoms with Gasteiger partial charge in [-0.15, -0.1) is 0 Å². The topological polar surface area (TPSA) is 29.1 Å². The van der Waals surface area contributed by atoms with Gasteiger partial charge in [0.05, 0.1) is 5.56 Å². The molecule has 1 aliphatic carbocycles. The normalized spacial score (nSPS) is 16.0. The van der Waals surface area contributed by atoms with Crippen LogP contribution >= 0.6 is 0 Å². The van der Waals surface area contributed by atoms with Gasteiger partial charge < -0.3 is 5.32 Å². The molecule has 0 spiro atoms. The van der Waals surface area contributed by atoms with Crippen LogP contribution in [0.4, 0.5) is 17.6 Å². The van der Waals surface area contributed by atoms with Crippen LogP contribution in [0.25, 0.3) is 0 Å². The van der Waals surface area contributed by atoms with Crippen molar-refractivity contribution >= 4 is 5.91 Å². The van der Waals surface area contributed by atoms with Crippen molar-refractivity contribution in [3.8, 4) is 0 Å². The van der Waals surface area contributed by atoms with Gasteiger partial charge in [-0.25, -0.2) is 17.6 Å². The second-order valence-corrected chi connectivity index (χ2v) is 6.38. The van der Waals surface area contributed by atoms with Gasteiger partial charge in [-0.2, -0.15) is 0 Å². The monoisotopic (exact) mass is 351 g/mol. The second-order valence-electron chi connectivity index (χ2n) is 6.38. The van der Waals surface area contributed by atoms with Crippen molar-refractivity contribution in [2.24, 2.45) is 0 Å². The summed E-state index contributed by atoms with van der Waals surface area (Å²) in [4.78, 5) is 12.2. The molecule has 25 heavy (non-hydrogen) atoms. The number of nitrogens with one attached hydrogen (secondary N) is 1. The third kappa shape index (κ3) is 3.25. The van der Waals surface area contributed by atoms with Crippen molar-refractivity contribution < 1.29 is 22.4 Å². The van der Waals surface area contributed by atoms with E-state index in [1.807, 2.05) is 30.3 Å². The molecule has 0 atom stereocenters. The van der Waals surface area contributed by atoms with Crippen LogP contribution in [0.1, 0.15) is 41.6 Å². The first-order valence-corrected chi connectivity index (χ1v) is 8.11. The maximum Gasteiger partial charge on any atom is 0.254 e. The van der Waals surface area contributed by atoms with E-state index in [-0.39, 0.29) is 12.0 Å². The molecular weight excluding hydrogens is 334 g/mol. The van der Waals surface area contributed by atoms with Gasteiger partial charge in [-0.1, -0.05) is 43.2 Å². The summed E-state index contributed by atoms with van der Waals surface area (Å²) in [5.41, 5.74) is -0.0628. The molecule has 0 heterocycles. The number of carbonyl (C=O) groups excluding carboxylic acids is 1. The molecule has 0 aliphatic heterocycles. The van der Waals surface area contributed by atoms with Crippen molar-refractivity contribution in [1.29, 1.82) is 0 Å². The molecule has 1 aliphatic rings. The number of hydrogen-bond donors (Lipinski definition) is 1. The Morgan fingerprint density at radius 1 is 0.960 bits per heavy atom. The molecule has 132 valence electrons. The quantitative estimate of drug-likeness (QED) is 0.491. The lowest BCUT2D eigenvalue weighted by Crippen LogP contribution is -2.39. The average Bonchev–Trinajstić information content (AvgIpc) is 3.12. The largest absolute Gasteiger partial charge is 0.351 e. The lowest BCUT2D eigenvalue weighted by Gasteiger charge is -2.30. The minimum atomic E-state index is -1.98. The Labute approximate surface area is 142 Å². The maximum atomic E-state index is 13.8. The summed E-state index contributed by atoms with van der Waals surface area (Å²) in [6.45, 7) is 0.218. The van der Waals surface area contributed by atoms with Crippen molar-refractivity contribution in [1.82, 2.24) is 5.32 Å².